The maximum Gasteiger partial charge on any atom is 0.317 e. The Morgan fingerprint density at radius 2 is 1.32 bits per heavy atom. The van der Waals surface area contributed by atoms with E-state index >= 15 is 0 Å². The van der Waals surface area contributed by atoms with Crippen LogP contribution in [-0.4, -0.2) is 249 Å². The second kappa shape index (κ2) is 30.4. The SMILES string of the molecule is COc1cc2c(cc1-c1cccc(/C=N/OCCNC(=O)COCCOCCNC(=O)CN3CCN(CC(=O)O)CCN(CC(=O)O)CCN(CC(=O)O)CC3)c1)-c1c(c(C(=O)N3CCOCC3(C)C)nn1-c1cc(Cl)cc(Cl)c1)CO2. The van der Waals surface area contributed by atoms with Crippen LogP contribution in [0.2, 0.25) is 10.0 Å². The van der Waals surface area contributed by atoms with Crippen molar-refractivity contribution in [2.24, 2.45) is 5.16 Å². The quantitative estimate of drug-likeness (QED) is 0.0362. The zero-order valence-electron chi connectivity index (χ0n) is 46.1. The molecule has 3 amide bonds. The van der Waals surface area contributed by atoms with Gasteiger partial charge in [0, 0.05) is 98.2 Å². The number of carboxylic acids is 3. The van der Waals surface area contributed by atoms with Gasteiger partial charge in [-0.05, 0) is 55.3 Å². The summed E-state index contributed by atoms with van der Waals surface area (Å²) in [7, 11) is 1.57. The average Bonchev–Trinajstić information content (AvgIpc) is 2.17. The summed E-state index contributed by atoms with van der Waals surface area (Å²) in [6.07, 6.45) is 1.55. The first-order chi connectivity index (χ1) is 39.4. The highest BCUT2D eigenvalue weighted by Gasteiger charge is 2.39. The van der Waals surface area contributed by atoms with Crippen LogP contribution < -0.4 is 20.1 Å². The minimum absolute atomic E-state index is 0.0242. The van der Waals surface area contributed by atoms with Gasteiger partial charge in [-0.25, -0.2) is 4.68 Å². The first-order valence-corrected chi connectivity index (χ1v) is 27.5. The first kappa shape index (κ1) is 62.7. The molecule has 0 spiro atoms. The number of nitrogens with zero attached hydrogens (tertiary/aromatic N) is 8. The molecule has 444 valence electrons. The Labute approximate surface area is 484 Å². The van der Waals surface area contributed by atoms with Gasteiger partial charge in [-0.1, -0.05) is 46.6 Å². The highest BCUT2D eigenvalue weighted by Crippen LogP contribution is 2.46. The number of methoxy groups -OCH3 is 1. The number of oxime groups is 1. The van der Waals surface area contributed by atoms with Gasteiger partial charge >= 0.3 is 17.9 Å². The maximum atomic E-state index is 14.4. The highest BCUT2D eigenvalue weighted by atomic mass is 35.5. The molecule has 0 atom stereocenters. The van der Waals surface area contributed by atoms with Crippen molar-refractivity contribution in [3.05, 3.63) is 81.5 Å². The molecule has 3 aliphatic rings. The number of halogens is 2. The van der Waals surface area contributed by atoms with Gasteiger partial charge in [0.15, 0.2) is 5.69 Å². The van der Waals surface area contributed by atoms with Crippen molar-refractivity contribution in [3.63, 3.8) is 0 Å². The fourth-order valence-electron chi connectivity index (χ4n) is 9.57. The van der Waals surface area contributed by atoms with Crippen molar-refractivity contribution in [3.8, 4) is 39.6 Å². The summed E-state index contributed by atoms with van der Waals surface area (Å²) in [5, 5.41) is 43.6. The van der Waals surface area contributed by atoms with E-state index in [0.717, 1.165) is 11.1 Å². The third-order valence-electron chi connectivity index (χ3n) is 13.6. The van der Waals surface area contributed by atoms with Gasteiger partial charge in [-0.3, -0.25) is 48.4 Å². The van der Waals surface area contributed by atoms with Gasteiger partial charge in [0.2, 0.25) is 11.8 Å². The molecule has 3 aromatic carbocycles. The van der Waals surface area contributed by atoms with E-state index in [-0.39, 0.29) is 142 Å². The number of morpholine rings is 1. The number of hydrogen-bond acceptors (Lipinski definition) is 18. The Bertz CT molecular complexity index is 2870. The van der Waals surface area contributed by atoms with Crippen LogP contribution in [0, 0.1) is 0 Å². The number of nitrogens with one attached hydrogen (secondary N) is 2. The van der Waals surface area contributed by atoms with Gasteiger partial charge in [0.05, 0.1) is 96.0 Å². The fourth-order valence-corrected chi connectivity index (χ4v) is 10.1. The monoisotopic (exact) mass is 1180 g/mol. The largest absolute Gasteiger partial charge is 0.496 e. The van der Waals surface area contributed by atoms with Gasteiger partial charge in [-0.15, -0.1) is 0 Å². The summed E-state index contributed by atoms with van der Waals surface area (Å²) in [4.78, 5) is 88.4. The summed E-state index contributed by atoms with van der Waals surface area (Å²) < 4.78 is 30.6. The highest BCUT2D eigenvalue weighted by molar-refractivity contribution is 6.34. The smallest absolute Gasteiger partial charge is 0.317 e. The number of benzene rings is 3. The van der Waals surface area contributed by atoms with Crippen LogP contribution in [0.1, 0.15) is 35.5 Å². The topological polar surface area (TPSA) is 289 Å². The molecule has 1 aromatic heterocycles. The Morgan fingerprint density at radius 3 is 1.93 bits per heavy atom. The molecule has 0 saturated carbocycles. The molecule has 27 heteroatoms. The van der Waals surface area contributed by atoms with Crippen LogP contribution in [0.25, 0.3) is 28.1 Å². The summed E-state index contributed by atoms with van der Waals surface area (Å²) in [6.45, 7) is 7.32. The van der Waals surface area contributed by atoms with E-state index < -0.39 is 23.4 Å². The minimum Gasteiger partial charge on any atom is -0.496 e. The standard InChI is InChI=1S/C55H70Cl2N10O15/c1-55(2)36-80-20-17-66(55)54(76)52-44-34-81-46-28-45(77-3)42(27-43(46)53(44)67(61-52)41-25-39(56)24-40(57)26-41)38-6-4-5-37(23-38)29-60-82-19-8-59-48(69)35-79-22-21-78-18-7-58-47(68)30-62-9-11-63(31-49(70)71)13-15-65(33-51(74)75)16-14-64(12-10-62)32-50(72)73/h4-6,23-29H,7-22,30-36H2,1-3H3,(H,58,68)(H,59,69)(H,70,71)(H,72,73)(H,74,75)/b60-29+. The molecular formula is C55H70Cl2N10O15. The van der Waals surface area contributed by atoms with Crippen molar-refractivity contribution in [1.29, 1.82) is 0 Å². The summed E-state index contributed by atoms with van der Waals surface area (Å²) in [5.74, 6) is -2.96. The second-order valence-corrected chi connectivity index (χ2v) is 21.1. The molecule has 3 aliphatic heterocycles. The molecule has 7 rings (SSSR count). The lowest BCUT2D eigenvalue weighted by Crippen LogP contribution is -2.55. The number of amides is 3. The molecular weight excluding hydrogens is 1110 g/mol. The van der Waals surface area contributed by atoms with E-state index in [2.05, 4.69) is 15.8 Å². The number of aliphatic carboxylic acids is 3. The van der Waals surface area contributed by atoms with Crippen molar-refractivity contribution in [2.75, 3.05) is 152 Å². The zero-order valence-corrected chi connectivity index (χ0v) is 47.6. The van der Waals surface area contributed by atoms with Crippen LogP contribution >= 0.6 is 23.2 Å². The maximum absolute atomic E-state index is 14.4. The van der Waals surface area contributed by atoms with E-state index in [9.17, 15) is 44.1 Å². The van der Waals surface area contributed by atoms with Crippen LogP contribution in [0.3, 0.4) is 0 Å². The lowest BCUT2D eigenvalue weighted by atomic mass is 9.94. The van der Waals surface area contributed by atoms with Crippen molar-refractivity contribution in [2.45, 2.75) is 26.0 Å². The number of carboxylic acid groups (broad SMARTS) is 3. The summed E-state index contributed by atoms with van der Waals surface area (Å²) >= 11 is 13.0. The Kier molecular flexibility index (Phi) is 23.2. The van der Waals surface area contributed by atoms with Gasteiger partial charge in [-0.2, -0.15) is 5.10 Å². The minimum atomic E-state index is -1.04. The lowest BCUT2D eigenvalue weighted by molar-refractivity contribution is -0.140. The van der Waals surface area contributed by atoms with Gasteiger partial charge in [0.1, 0.15) is 31.3 Å². The molecule has 0 bridgehead atoms. The predicted molar refractivity (Wildman–Crippen MR) is 301 cm³/mol. The van der Waals surface area contributed by atoms with Crippen molar-refractivity contribution >= 4 is 65.0 Å². The molecule has 82 heavy (non-hydrogen) atoms. The summed E-state index contributed by atoms with van der Waals surface area (Å²) in [6, 6.07) is 16.4. The van der Waals surface area contributed by atoms with E-state index in [1.54, 1.807) is 55.8 Å². The number of fused-ring (bicyclic) bond motifs is 3. The van der Waals surface area contributed by atoms with Gasteiger partial charge in [0.25, 0.3) is 5.91 Å². The molecule has 2 saturated heterocycles. The lowest BCUT2D eigenvalue weighted by Gasteiger charge is -2.41. The number of aromatic nitrogens is 2. The molecule has 4 heterocycles. The Balaban J connectivity index is 0.845. The molecule has 4 aromatic rings. The van der Waals surface area contributed by atoms with Crippen LogP contribution in [0.4, 0.5) is 0 Å². The van der Waals surface area contributed by atoms with Crippen LogP contribution in [-0.2, 0) is 49.6 Å². The van der Waals surface area contributed by atoms with E-state index in [4.69, 9.17) is 56.8 Å². The molecule has 25 nitrogen and oxygen atoms in total. The zero-order chi connectivity index (χ0) is 58.8. The van der Waals surface area contributed by atoms with Crippen LogP contribution in [0.5, 0.6) is 11.5 Å². The van der Waals surface area contributed by atoms with E-state index in [1.807, 2.05) is 55.1 Å². The average molecular weight is 1180 g/mol. The van der Waals surface area contributed by atoms with Gasteiger partial charge < -0.3 is 59.4 Å². The third kappa shape index (κ3) is 18.3. The van der Waals surface area contributed by atoms with Crippen molar-refractivity contribution in [1.82, 2.24) is 44.9 Å². The third-order valence-corrected chi connectivity index (χ3v) is 14.1. The number of carbonyl (C=O) groups excluding carboxylic acids is 3. The molecule has 2 fully saturated rings. The number of rotatable bonds is 25. The summed E-state index contributed by atoms with van der Waals surface area (Å²) in [5.41, 5.74) is 4.39. The first-order valence-electron chi connectivity index (χ1n) is 26.7. The normalized spacial score (nSPS) is 16.5. The molecule has 0 aliphatic carbocycles. The number of ether oxygens (including phenoxy) is 5. The van der Waals surface area contributed by atoms with E-state index in [1.165, 1.54) is 0 Å². The molecule has 0 radical (unpaired) electrons. The number of hydrogen-bond donors (Lipinski definition) is 5. The van der Waals surface area contributed by atoms with Crippen LogP contribution in [0.15, 0.2) is 59.8 Å². The number of carbonyl (C=O) groups is 6. The molecule has 5 N–H and O–H groups in total. The molecule has 0 unspecified atom stereocenters. The Morgan fingerprint density at radius 1 is 0.720 bits per heavy atom. The fraction of sp³-hybridized carbons (Fsp3) is 0.491. The Hall–Kier alpha value is -6.94. The van der Waals surface area contributed by atoms with E-state index in [0.29, 0.717) is 82.5 Å². The second-order valence-electron chi connectivity index (χ2n) is 20.2. The van der Waals surface area contributed by atoms with Crippen molar-refractivity contribution < 1.29 is 72.6 Å². The predicted octanol–water partition coefficient (Wildman–Crippen LogP) is 2.76.